The molecule has 3 atom stereocenters. The number of β-lactam (4-membered cyclic amide) rings is 1. The van der Waals surface area contributed by atoms with Gasteiger partial charge in [0.25, 0.3) is 0 Å². The second kappa shape index (κ2) is 5.41. The van der Waals surface area contributed by atoms with Gasteiger partial charge < -0.3 is 20.5 Å². The van der Waals surface area contributed by atoms with Crippen LogP contribution in [0.3, 0.4) is 0 Å². The maximum Gasteiger partial charge on any atom is 0.404 e. The average molecular weight is 290 g/mol. The number of amides is 2. The average Bonchev–Trinajstić information content (AvgIpc) is 2.63. The van der Waals surface area contributed by atoms with Gasteiger partial charge >= 0.3 is 6.09 Å². The summed E-state index contributed by atoms with van der Waals surface area (Å²) in [6, 6.07) is 0. The minimum atomic E-state index is -0.781. The molecule has 0 unspecified atom stereocenters. The van der Waals surface area contributed by atoms with Crippen molar-refractivity contribution in [3.8, 4) is 0 Å². The number of carbonyl (C=O) groups excluding carboxylic acids is 2. The van der Waals surface area contributed by atoms with Gasteiger partial charge in [0.05, 0.1) is 16.3 Å². The van der Waals surface area contributed by atoms with Crippen LogP contribution >= 0.6 is 23.5 Å². The quantitative estimate of drug-likeness (QED) is 0.566. The summed E-state index contributed by atoms with van der Waals surface area (Å²) < 4.78 is 5.60. The Labute approximate surface area is 113 Å². The first kappa shape index (κ1) is 13.6. The highest BCUT2D eigenvalue weighted by atomic mass is 32.2. The molecule has 1 saturated heterocycles. The number of thioether (sulfide) groups is 2. The number of carbonyl (C=O) groups is 2. The number of aliphatic hydroxyl groups is 1. The first-order valence-corrected chi connectivity index (χ1v) is 7.31. The van der Waals surface area contributed by atoms with Crippen LogP contribution in [0.5, 0.6) is 0 Å². The summed E-state index contributed by atoms with van der Waals surface area (Å²) in [5.74, 6) is 0.244. The van der Waals surface area contributed by atoms with Crippen molar-refractivity contribution in [1.29, 1.82) is 0 Å². The highest BCUT2D eigenvalue weighted by Gasteiger charge is 2.52. The minimum absolute atomic E-state index is 0.0112. The van der Waals surface area contributed by atoms with E-state index in [9.17, 15) is 14.7 Å². The lowest BCUT2D eigenvalue weighted by atomic mass is 9.93. The molecular formula is C10H14N2O4S2. The molecule has 0 aliphatic carbocycles. The Balaban J connectivity index is 1.78. The number of nitrogens with two attached hydrogens (primary N) is 1. The van der Waals surface area contributed by atoms with E-state index in [1.165, 1.54) is 11.8 Å². The molecule has 6 nitrogen and oxygen atoms in total. The summed E-state index contributed by atoms with van der Waals surface area (Å²) in [4.78, 5) is 23.7. The van der Waals surface area contributed by atoms with E-state index in [2.05, 4.69) is 4.74 Å². The molecule has 2 heterocycles. The third kappa shape index (κ3) is 2.60. The monoisotopic (exact) mass is 290 g/mol. The number of aliphatic hydroxyl groups excluding tert-OH is 1. The van der Waals surface area contributed by atoms with E-state index in [0.717, 1.165) is 4.24 Å². The molecule has 3 N–H and O–H groups in total. The maximum absolute atomic E-state index is 11.7. The Kier molecular flexibility index (Phi) is 4.08. The van der Waals surface area contributed by atoms with E-state index < -0.39 is 12.2 Å². The Morgan fingerprint density at radius 2 is 2.50 bits per heavy atom. The minimum Gasteiger partial charge on any atom is -0.449 e. The van der Waals surface area contributed by atoms with Crippen molar-refractivity contribution in [2.45, 2.75) is 18.4 Å². The number of fused-ring (bicyclic) bond motifs is 1. The molecule has 0 aromatic heterocycles. The SMILES string of the molecule is C[C@@H](O)[C@H]1C(=O)N2C=C(SCCOC(N)=O)S[C@H]12. The van der Waals surface area contributed by atoms with Crippen molar-refractivity contribution in [2.24, 2.45) is 11.7 Å². The van der Waals surface area contributed by atoms with Gasteiger partial charge in [-0.25, -0.2) is 4.79 Å². The van der Waals surface area contributed by atoms with Crippen LogP contribution in [0.25, 0.3) is 0 Å². The van der Waals surface area contributed by atoms with Crippen LogP contribution in [0, 0.1) is 5.92 Å². The third-order valence-corrected chi connectivity index (χ3v) is 5.20. The Morgan fingerprint density at radius 3 is 3.11 bits per heavy atom. The largest absolute Gasteiger partial charge is 0.449 e. The predicted octanol–water partition coefficient (Wildman–Crippen LogP) is 0.526. The van der Waals surface area contributed by atoms with Gasteiger partial charge in [0.15, 0.2) is 0 Å². The highest BCUT2D eigenvalue weighted by molar-refractivity contribution is 8.22. The molecule has 2 aliphatic rings. The molecule has 2 amide bonds. The maximum atomic E-state index is 11.7. The second-order valence-electron chi connectivity index (χ2n) is 3.98. The molecule has 0 radical (unpaired) electrons. The fourth-order valence-electron chi connectivity index (χ4n) is 1.84. The van der Waals surface area contributed by atoms with Crippen molar-refractivity contribution in [2.75, 3.05) is 12.4 Å². The molecule has 0 saturated carbocycles. The number of nitrogens with zero attached hydrogens (tertiary/aromatic N) is 1. The molecule has 100 valence electrons. The molecule has 8 heteroatoms. The standard InChI is InChI=1S/C10H14N2O4S2/c1-5(13)7-8(14)12-4-6(18-9(7)12)17-3-2-16-10(11)15/h4-5,7,9,13H,2-3H2,1H3,(H2,11,15)/t5-,7+,9-/m1/s1. The lowest BCUT2D eigenvalue weighted by Crippen LogP contribution is -2.58. The number of hydrogen-bond donors (Lipinski definition) is 2. The number of ether oxygens (including phenoxy) is 1. The van der Waals surface area contributed by atoms with Crippen LogP contribution in [-0.2, 0) is 9.53 Å². The lowest BCUT2D eigenvalue weighted by Gasteiger charge is -2.42. The van der Waals surface area contributed by atoms with Crippen LogP contribution in [0.4, 0.5) is 4.79 Å². The molecular weight excluding hydrogens is 276 g/mol. The van der Waals surface area contributed by atoms with E-state index in [1.54, 1.807) is 29.8 Å². The summed E-state index contributed by atoms with van der Waals surface area (Å²) in [5, 5.41) is 9.50. The van der Waals surface area contributed by atoms with Crippen molar-refractivity contribution in [3.05, 3.63) is 10.4 Å². The van der Waals surface area contributed by atoms with Gasteiger partial charge in [-0.15, -0.1) is 11.8 Å². The fourth-order valence-corrected chi connectivity index (χ4v) is 4.40. The van der Waals surface area contributed by atoms with Crippen LogP contribution in [0.2, 0.25) is 0 Å². The van der Waals surface area contributed by atoms with Gasteiger partial charge in [-0.2, -0.15) is 0 Å². The van der Waals surface area contributed by atoms with E-state index in [-0.39, 0.29) is 23.8 Å². The Morgan fingerprint density at radius 1 is 1.78 bits per heavy atom. The van der Waals surface area contributed by atoms with Gasteiger partial charge in [0, 0.05) is 12.0 Å². The molecule has 0 aromatic rings. The zero-order valence-electron chi connectivity index (χ0n) is 9.74. The molecule has 2 aliphatic heterocycles. The fraction of sp³-hybridized carbons (Fsp3) is 0.600. The number of primary amides is 1. The number of hydrogen-bond acceptors (Lipinski definition) is 6. The van der Waals surface area contributed by atoms with E-state index in [0.29, 0.717) is 5.75 Å². The van der Waals surface area contributed by atoms with Crippen LogP contribution in [0.1, 0.15) is 6.92 Å². The predicted molar refractivity (Wildman–Crippen MR) is 69.5 cm³/mol. The van der Waals surface area contributed by atoms with Crippen LogP contribution in [0.15, 0.2) is 10.4 Å². The lowest BCUT2D eigenvalue weighted by molar-refractivity contribution is -0.151. The first-order chi connectivity index (χ1) is 8.50. The zero-order valence-corrected chi connectivity index (χ0v) is 11.4. The summed E-state index contributed by atoms with van der Waals surface area (Å²) >= 11 is 3.06. The molecule has 1 fully saturated rings. The molecule has 0 aromatic carbocycles. The van der Waals surface area contributed by atoms with Crippen molar-refractivity contribution < 1.29 is 19.4 Å². The van der Waals surface area contributed by atoms with Crippen molar-refractivity contribution in [3.63, 3.8) is 0 Å². The summed E-state index contributed by atoms with van der Waals surface area (Å²) in [6.07, 6.45) is 0.380. The van der Waals surface area contributed by atoms with Gasteiger partial charge in [-0.3, -0.25) is 4.79 Å². The normalized spacial score (nSPS) is 27.3. The smallest absolute Gasteiger partial charge is 0.404 e. The van der Waals surface area contributed by atoms with Crippen molar-refractivity contribution >= 4 is 35.5 Å². The second-order valence-corrected chi connectivity index (χ2v) is 6.54. The van der Waals surface area contributed by atoms with E-state index >= 15 is 0 Å². The van der Waals surface area contributed by atoms with Crippen LogP contribution in [-0.4, -0.2) is 45.8 Å². The zero-order chi connectivity index (χ0) is 13.3. The Hall–Kier alpha value is -0.860. The summed E-state index contributed by atoms with van der Waals surface area (Å²) in [7, 11) is 0. The molecule has 0 spiro atoms. The number of rotatable bonds is 5. The molecule has 2 rings (SSSR count). The van der Waals surface area contributed by atoms with Crippen molar-refractivity contribution in [1.82, 2.24) is 4.90 Å². The van der Waals surface area contributed by atoms with E-state index in [4.69, 9.17) is 5.73 Å². The topological polar surface area (TPSA) is 92.9 Å². The van der Waals surface area contributed by atoms with Gasteiger partial charge in [-0.05, 0) is 6.92 Å². The third-order valence-electron chi connectivity index (χ3n) is 2.69. The molecule has 0 bridgehead atoms. The van der Waals surface area contributed by atoms with Gasteiger partial charge in [0.1, 0.15) is 12.0 Å². The first-order valence-electron chi connectivity index (χ1n) is 5.44. The van der Waals surface area contributed by atoms with Gasteiger partial charge in [-0.1, -0.05) is 11.8 Å². The van der Waals surface area contributed by atoms with E-state index in [1.807, 2.05) is 0 Å². The Bertz CT molecular complexity index is 399. The van der Waals surface area contributed by atoms with Gasteiger partial charge in [0.2, 0.25) is 5.91 Å². The molecule has 18 heavy (non-hydrogen) atoms. The van der Waals surface area contributed by atoms with Crippen LogP contribution < -0.4 is 5.73 Å². The summed E-state index contributed by atoms with van der Waals surface area (Å²) in [6.45, 7) is 1.88. The summed E-state index contributed by atoms with van der Waals surface area (Å²) in [5.41, 5.74) is 4.84. The highest BCUT2D eigenvalue weighted by Crippen LogP contribution is 2.49.